The standard InChI is InChI=1S/C22H24N2O6S/c1-6-10-24-18-13-20(30-5)19(29-4)12-17(18)14(2)21(31(24,26)27)22(25)23-15-8-7-9-16(11-15)28-3/h6-9,11-13H,1,10H2,2-5H3,(H,23,25). The fourth-order valence-electron chi connectivity index (χ4n) is 3.42. The Balaban J connectivity index is 2.18. The van der Waals surface area contributed by atoms with Crippen LogP contribution >= 0.6 is 0 Å². The third kappa shape index (κ3) is 3.96. The number of nitrogens with zero attached hydrogens (tertiary/aromatic N) is 1. The number of rotatable bonds is 7. The molecule has 2 aromatic rings. The van der Waals surface area contributed by atoms with Crippen molar-refractivity contribution in [1.82, 2.24) is 0 Å². The molecular formula is C22H24N2O6S. The van der Waals surface area contributed by atoms with Crippen molar-refractivity contribution >= 4 is 32.9 Å². The third-order valence-electron chi connectivity index (χ3n) is 4.89. The van der Waals surface area contributed by atoms with E-state index in [0.717, 1.165) is 4.31 Å². The minimum atomic E-state index is -4.17. The maximum absolute atomic E-state index is 13.4. The van der Waals surface area contributed by atoms with Crippen LogP contribution in [0.2, 0.25) is 0 Å². The highest BCUT2D eigenvalue weighted by Gasteiger charge is 2.40. The fourth-order valence-corrected chi connectivity index (χ4v) is 5.13. The number of sulfonamides is 1. The Morgan fingerprint density at radius 2 is 1.77 bits per heavy atom. The van der Waals surface area contributed by atoms with Gasteiger partial charge in [0.15, 0.2) is 16.4 Å². The molecule has 0 radical (unpaired) electrons. The van der Waals surface area contributed by atoms with E-state index in [4.69, 9.17) is 14.2 Å². The predicted molar refractivity (Wildman–Crippen MR) is 120 cm³/mol. The van der Waals surface area contributed by atoms with Crippen LogP contribution < -0.4 is 23.8 Å². The highest BCUT2D eigenvalue weighted by atomic mass is 32.2. The molecule has 1 amide bonds. The van der Waals surface area contributed by atoms with Gasteiger partial charge < -0.3 is 19.5 Å². The summed E-state index contributed by atoms with van der Waals surface area (Å²) in [5.41, 5.74) is 1.64. The highest BCUT2D eigenvalue weighted by molar-refractivity contribution is 7.97. The van der Waals surface area contributed by atoms with Gasteiger partial charge in [-0.15, -0.1) is 6.58 Å². The van der Waals surface area contributed by atoms with Crippen LogP contribution in [0.1, 0.15) is 12.5 Å². The lowest BCUT2D eigenvalue weighted by molar-refractivity contribution is -0.112. The molecule has 2 aromatic carbocycles. The second kappa shape index (κ2) is 8.73. The van der Waals surface area contributed by atoms with E-state index in [9.17, 15) is 13.2 Å². The average molecular weight is 445 g/mol. The van der Waals surface area contributed by atoms with Crippen LogP contribution in [0.4, 0.5) is 11.4 Å². The molecule has 0 saturated carbocycles. The van der Waals surface area contributed by atoms with Crippen LogP contribution in [0.25, 0.3) is 5.57 Å². The van der Waals surface area contributed by atoms with Crippen LogP contribution in [0.15, 0.2) is 54.0 Å². The maximum atomic E-state index is 13.4. The molecule has 0 spiro atoms. The topological polar surface area (TPSA) is 94.2 Å². The molecule has 0 unspecified atom stereocenters. The van der Waals surface area contributed by atoms with Crippen molar-refractivity contribution in [3.8, 4) is 17.2 Å². The number of fused-ring (bicyclic) bond motifs is 1. The molecule has 0 fully saturated rings. The molecule has 1 N–H and O–H groups in total. The predicted octanol–water partition coefficient (Wildman–Crippen LogP) is 3.42. The summed E-state index contributed by atoms with van der Waals surface area (Å²) in [4.78, 5) is 12.8. The first-order valence-corrected chi connectivity index (χ1v) is 10.8. The molecule has 1 aliphatic rings. The first-order valence-electron chi connectivity index (χ1n) is 9.34. The van der Waals surface area contributed by atoms with Crippen molar-refractivity contribution in [2.45, 2.75) is 6.92 Å². The fraction of sp³-hybridized carbons (Fsp3) is 0.227. The molecule has 31 heavy (non-hydrogen) atoms. The quantitative estimate of drug-likeness (QED) is 0.658. The van der Waals surface area contributed by atoms with Gasteiger partial charge in [-0.05, 0) is 30.7 Å². The number of carbonyl (C=O) groups is 1. The molecule has 0 bridgehead atoms. The summed E-state index contributed by atoms with van der Waals surface area (Å²) in [6.45, 7) is 5.22. The minimum absolute atomic E-state index is 0.0198. The van der Waals surface area contributed by atoms with Gasteiger partial charge in [-0.3, -0.25) is 9.10 Å². The summed E-state index contributed by atoms with van der Waals surface area (Å²) >= 11 is 0. The van der Waals surface area contributed by atoms with E-state index >= 15 is 0 Å². The largest absolute Gasteiger partial charge is 0.497 e. The number of hydrogen-bond acceptors (Lipinski definition) is 6. The molecule has 0 aliphatic carbocycles. The number of methoxy groups -OCH3 is 3. The van der Waals surface area contributed by atoms with Gasteiger partial charge in [0.25, 0.3) is 15.9 Å². The molecule has 1 heterocycles. The van der Waals surface area contributed by atoms with Gasteiger partial charge in [0.1, 0.15) is 5.75 Å². The van der Waals surface area contributed by atoms with Gasteiger partial charge in [-0.2, -0.15) is 0 Å². The SMILES string of the molecule is C=CCN1c2cc(OC)c(OC)cc2C(C)=C(C(=O)Nc2cccc(OC)c2)S1(=O)=O. The number of carbonyl (C=O) groups excluding carboxylic acids is 1. The van der Waals surface area contributed by atoms with Crippen molar-refractivity contribution in [1.29, 1.82) is 0 Å². The van der Waals surface area contributed by atoms with Gasteiger partial charge in [-0.25, -0.2) is 8.42 Å². The van der Waals surface area contributed by atoms with Crippen molar-refractivity contribution in [2.75, 3.05) is 37.5 Å². The average Bonchev–Trinajstić information content (AvgIpc) is 2.75. The summed E-state index contributed by atoms with van der Waals surface area (Å²) in [5.74, 6) is 0.583. The second-order valence-electron chi connectivity index (χ2n) is 6.69. The van der Waals surface area contributed by atoms with E-state index in [-0.39, 0.29) is 11.4 Å². The summed E-state index contributed by atoms with van der Waals surface area (Å²) < 4.78 is 43.9. The van der Waals surface area contributed by atoms with Crippen molar-refractivity contribution in [3.05, 3.63) is 59.5 Å². The number of nitrogens with one attached hydrogen (secondary N) is 1. The molecule has 0 atom stereocenters. The van der Waals surface area contributed by atoms with E-state index in [0.29, 0.717) is 39.8 Å². The highest BCUT2D eigenvalue weighted by Crippen LogP contribution is 2.45. The minimum Gasteiger partial charge on any atom is -0.497 e. The normalized spacial score (nSPS) is 14.5. The van der Waals surface area contributed by atoms with Crippen LogP contribution in [-0.4, -0.2) is 42.2 Å². The van der Waals surface area contributed by atoms with Gasteiger partial charge in [0.05, 0.1) is 33.6 Å². The zero-order valence-electron chi connectivity index (χ0n) is 17.8. The van der Waals surface area contributed by atoms with Gasteiger partial charge in [0.2, 0.25) is 0 Å². The Morgan fingerprint density at radius 3 is 2.39 bits per heavy atom. The molecule has 164 valence electrons. The third-order valence-corrected chi connectivity index (χ3v) is 6.83. The van der Waals surface area contributed by atoms with Crippen molar-refractivity contribution < 1.29 is 27.4 Å². The van der Waals surface area contributed by atoms with Gasteiger partial charge >= 0.3 is 0 Å². The number of anilines is 2. The van der Waals surface area contributed by atoms with E-state index in [1.54, 1.807) is 43.3 Å². The Bertz CT molecular complexity index is 1170. The lowest BCUT2D eigenvalue weighted by Gasteiger charge is -2.32. The van der Waals surface area contributed by atoms with Crippen LogP contribution in [-0.2, 0) is 14.8 Å². The zero-order chi connectivity index (χ0) is 22.8. The molecule has 1 aliphatic heterocycles. The van der Waals surface area contributed by atoms with Crippen LogP contribution in [0.3, 0.4) is 0 Å². The lowest BCUT2D eigenvalue weighted by atomic mass is 10.0. The van der Waals surface area contributed by atoms with E-state index in [1.165, 1.54) is 27.4 Å². The van der Waals surface area contributed by atoms with E-state index in [2.05, 4.69) is 11.9 Å². The van der Waals surface area contributed by atoms with E-state index in [1.807, 2.05) is 0 Å². The summed E-state index contributed by atoms with van der Waals surface area (Å²) in [5, 5.41) is 2.65. The molecule has 9 heteroatoms. The van der Waals surface area contributed by atoms with Crippen LogP contribution in [0, 0.1) is 0 Å². The Morgan fingerprint density at radius 1 is 1.10 bits per heavy atom. The summed E-state index contributed by atoms with van der Waals surface area (Å²) in [6, 6.07) is 9.91. The van der Waals surface area contributed by atoms with Gasteiger partial charge in [-0.1, -0.05) is 12.1 Å². The van der Waals surface area contributed by atoms with Gasteiger partial charge in [0, 0.05) is 23.4 Å². The number of amides is 1. The molecule has 0 aromatic heterocycles. The molecule has 8 nitrogen and oxygen atoms in total. The van der Waals surface area contributed by atoms with E-state index < -0.39 is 15.9 Å². The number of hydrogen-bond donors (Lipinski definition) is 1. The maximum Gasteiger partial charge on any atom is 0.270 e. The molecule has 3 rings (SSSR count). The second-order valence-corrected chi connectivity index (χ2v) is 8.49. The summed E-state index contributed by atoms with van der Waals surface area (Å²) in [7, 11) is 0.293. The number of ether oxygens (including phenoxy) is 3. The first-order chi connectivity index (χ1) is 14.8. The Hall–Kier alpha value is -3.46. The Kier molecular flexibility index (Phi) is 6.26. The van der Waals surface area contributed by atoms with Crippen molar-refractivity contribution in [3.63, 3.8) is 0 Å². The smallest absolute Gasteiger partial charge is 0.270 e. The zero-order valence-corrected chi connectivity index (χ0v) is 18.6. The molecular weight excluding hydrogens is 420 g/mol. The Labute approximate surface area is 181 Å². The first kappa shape index (κ1) is 22.2. The molecule has 0 saturated heterocycles. The van der Waals surface area contributed by atoms with Crippen LogP contribution in [0.5, 0.6) is 17.2 Å². The number of allylic oxidation sites excluding steroid dienone is 1. The number of benzene rings is 2. The summed E-state index contributed by atoms with van der Waals surface area (Å²) in [6.07, 6.45) is 1.45. The van der Waals surface area contributed by atoms with Crippen molar-refractivity contribution in [2.24, 2.45) is 0 Å². The monoisotopic (exact) mass is 444 g/mol. The lowest BCUT2D eigenvalue weighted by Crippen LogP contribution is -2.39.